The average Bonchev–Trinajstić information content (AvgIpc) is 3.46. The lowest BCUT2D eigenvalue weighted by Gasteiger charge is -2.14. The Morgan fingerprint density at radius 2 is 1.76 bits per heavy atom. The summed E-state index contributed by atoms with van der Waals surface area (Å²) < 4.78 is 33.0. The molecule has 0 aromatic heterocycles. The molecule has 3 N–H and O–H groups in total. The zero-order valence-corrected chi connectivity index (χ0v) is 17.2. The van der Waals surface area contributed by atoms with Crippen LogP contribution < -0.4 is 20.1 Å². The maximum Gasteiger partial charge on any atom is 0.255 e. The second kappa shape index (κ2) is 8.22. The molecule has 0 saturated heterocycles. The van der Waals surface area contributed by atoms with E-state index in [-0.39, 0.29) is 28.2 Å². The van der Waals surface area contributed by atoms with E-state index in [0.29, 0.717) is 11.4 Å². The summed E-state index contributed by atoms with van der Waals surface area (Å²) in [5.74, 6) is -0.620. The second-order valence-corrected chi connectivity index (χ2v) is 8.63. The summed E-state index contributed by atoms with van der Waals surface area (Å²) in [5, 5.41) is 5.39. The number of carbonyl (C=O) groups excluding carboxylic acids is 2. The van der Waals surface area contributed by atoms with Crippen molar-refractivity contribution in [3.05, 3.63) is 47.5 Å². The van der Waals surface area contributed by atoms with Gasteiger partial charge in [0.15, 0.2) is 0 Å². The molecular formula is C20H23N3O5S. The van der Waals surface area contributed by atoms with Gasteiger partial charge < -0.3 is 15.4 Å². The molecule has 8 nitrogen and oxygen atoms in total. The number of nitrogens with one attached hydrogen (secondary N) is 3. The van der Waals surface area contributed by atoms with Gasteiger partial charge in [0.05, 0.1) is 18.5 Å². The molecule has 0 atom stereocenters. The fourth-order valence-corrected chi connectivity index (χ4v) is 4.27. The van der Waals surface area contributed by atoms with Gasteiger partial charge in [-0.05, 0) is 55.7 Å². The zero-order valence-electron chi connectivity index (χ0n) is 16.4. The van der Waals surface area contributed by atoms with Crippen LogP contribution in [0, 0.1) is 6.92 Å². The van der Waals surface area contributed by atoms with Crippen LogP contribution in [0.25, 0.3) is 0 Å². The lowest BCUT2D eigenvalue weighted by atomic mass is 10.1. The minimum atomic E-state index is -3.81. The Morgan fingerprint density at radius 1 is 1.03 bits per heavy atom. The summed E-state index contributed by atoms with van der Waals surface area (Å²) >= 11 is 0. The van der Waals surface area contributed by atoms with E-state index >= 15 is 0 Å². The third-order valence-electron chi connectivity index (χ3n) is 4.35. The van der Waals surface area contributed by atoms with Crippen LogP contribution >= 0.6 is 0 Å². The number of sulfonamides is 1. The van der Waals surface area contributed by atoms with E-state index in [2.05, 4.69) is 15.4 Å². The molecule has 154 valence electrons. The Morgan fingerprint density at radius 3 is 2.38 bits per heavy atom. The minimum absolute atomic E-state index is 0.0744. The number of methoxy groups -OCH3 is 1. The van der Waals surface area contributed by atoms with Crippen LogP contribution in [0.3, 0.4) is 0 Å². The molecule has 2 aromatic rings. The summed E-state index contributed by atoms with van der Waals surface area (Å²) in [6.07, 6.45) is 1.59. The van der Waals surface area contributed by atoms with Crippen molar-refractivity contribution in [3.8, 4) is 5.75 Å². The Hall–Kier alpha value is -2.91. The van der Waals surface area contributed by atoms with Crippen molar-refractivity contribution in [2.24, 2.45) is 0 Å². The third kappa shape index (κ3) is 5.12. The van der Waals surface area contributed by atoms with Gasteiger partial charge in [-0.15, -0.1) is 0 Å². The average molecular weight is 417 g/mol. The van der Waals surface area contributed by atoms with Gasteiger partial charge in [-0.25, -0.2) is 13.1 Å². The highest BCUT2D eigenvalue weighted by atomic mass is 32.2. The van der Waals surface area contributed by atoms with Crippen LogP contribution in [-0.4, -0.2) is 33.4 Å². The number of ether oxygens (including phenoxy) is 1. The highest BCUT2D eigenvalue weighted by molar-refractivity contribution is 7.89. The van der Waals surface area contributed by atoms with Crippen molar-refractivity contribution >= 4 is 33.2 Å². The fraction of sp³-hybridized carbons (Fsp3) is 0.300. The van der Waals surface area contributed by atoms with E-state index in [1.807, 2.05) is 13.0 Å². The highest BCUT2D eigenvalue weighted by Crippen LogP contribution is 2.29. The molecule has 0 aliphatic heterocycles. The quantitative estimate of drug-likeness (QED) is 0.641. The Kier molecular flexibility index (Phi) is 5.90. The summed E-state index contributed by atoms with van der Waals surface area (Å²) in [7, 11) is -2.44. The predicted octanol–water partition coefficient (Wildman–Crippen LogP) is 2.66. The molecule has 2 amide bonds. The van der Waals surface area contributed by atoms with Crippen molar-refractivity contribution in [3.63, 3.8) is 0 Å². The lowest BCUT2D eigenvalue weighted by molar-refractivity contribution is -0.114. The standard InChI is InChI=1S/C20H23N3O5S/c1-12-4-8-16(21-13(2)24)17(10-12)22-20(25)14-5-9-18(28-3)19(11-14)29(26,27)23-15-6-7-15/h4-5,8-11,15,23H,6-7H2,1-3H3,(H,21,24)(H,22,25). The van der Waals surface area contributed by atoms with Gasteiger partial charge in [-0.3, -0.25) is 9.59 Å². The maximum absolute atomic E-state index is 12.8. The first kappa shape index (κ1) is 20.8. The SMILES string of the molecule is COc1ccc(C(=O)Nc2cc(C)ccc2NC(C)=O)cc1S(=O)(=O)NC1CC1. The van der Waals surface area contributed by atoms with Crippen LogP contribution in [0.5, 0.6) is 5.75 Å². The third-order valence-corrected chi connectivity index (χ3v) is 5.89. The van der Waals surface area contributed by atoms with E-state index in [1.165, 1.54) is 32.2 Å². The molecule has 29 heavy (non-hydrogen) atoms. The molecule has 2 aromatic carbocycles. The van der Waals surface area contributed by atoms with Crippen LogP contribution in [0.1, 0.15) is 35.7 Å². The van der Waals surface area contributed by atoms with E-state index in [9.17, 15) is 18.0 Å². The number of anilines is 2. The van der Waals surface area contributed by atoms with Crippen molar-refractivity contribution in [1.29, 1.82) is 0 Å². The summed E-state index contributed by atoms with van der Waals surface area (Å²) in [6, 6.07) is 9.36. The van der Waals surface area contributed by atoms with Crippen LogP contribution in [0.15, 0.2) is 41.3 Å². The van der Waals surface area contributed by atoms with Crippen molar-refractivity contribution in [2.45, 2.75) is 37.6 Å². The maximum atomic E-state index is 12.8. The smallest absolute Gasteiger partial charge is 0.255 e. The Bertz CT molecular complexity index is 1060. The topological polar surface area (TPSA) is 114 Å². The molecular weight excluding hydrogens is 394 g/mol. The van der Waals surface area contributed by atoms with E-state index in [0.717, 1.165) is 18.4 Å². The number of aryl methyl sites for hydroxylation is 1. The van der Waals surface area contributed by atoms with Crippen molar-refractivity contribution in [1.82, 2.24) is 4.72 Å². The largest absolute Gasteiger partial charge is 0.495 e. The number of amides is 2. The van der Waals surface area contributed by atoms with Gasteiger partial charge in [-0.1, -0.05) is 6.07 Å². The molecule has 0 unspecified atom stereocenters. The number of carbonyl (C=O) groups is 2. The Labute approximate surface area is 169 Å². The number of rotatable bonds is 7. The monoisotopic (exact) mass is 417 g/mol. The minimum Gasteiger partial charge on any atom is -0.495 e. The molecule has 0 bridgehead atoms. The van der Waals surface area contributed by atoms with Crippen LogP contribution in [-0.2, 0) is 14.8 Å². The van der Waals surface area contributed by atoms with E-state index in [1.54, 1.807) is 12.1 Å². The summed E-state index contributed by atoms with van der Waals surface area (Å²) in [6.45, 7) is 3.23. The van der Waals surface area contributed by atoms with Crippen molar-refractivity contribution < 1.29 is 22.7 Å². The van der Waals surface area contributed by atoms with Crippen LogP contribution in [0.4, 0.5) is 11.4 Å². The molecule has 0 radical (unpaired) electrons. The Balaban J connectivity index is 1.91. The molecule has 1 saturated carbocycles. The molecule has 0 spiro atoms. The summed E-state index contributed by atoms with van der Waals surface area (Å²) in [5.41, 5.74) is 1.91. The first-order chi connectivity index (χ1) is 13.7. The van der Waals surface area contributed by atoms with Gasteiger partial charge in [0.2, 0.25) is 15.9 Å². The lowest BCUT2D eigenvalue weighted by Crippen LogP contribution is -2.26. The normalized spacial score (nSPS) is 13.6. The number of hydrogen-bond acceptors (Lipinski definition) is 5. The van der Waals surface area contributed by atoms with Crippen molar-refractivity contribution in [2.75, 3.05) is 17.7 Å². The van der Waals surface area contributed by atoms with Gasteiger partial charge >= 0.3 is 0 Å². The highest BCUT2D eigenvalue weighted by Gasteiger charge is 2.30. The number of hydrogen-bond donors (Lipinski definition) is 3. The van der Waals surface area contributed by atoms with Gasteiger partial charge in [0, 0.05) is 18.5 Å². The molecule has 0 heterocycles. The molecule has 1 aliphatic rings. The van der Waals surface area contributed by atoms with E-state index in [4.69, 9.17) is 4.74 Å². The summed E-state index contributed by atoms with van der Waals surface area (Å²) in [4.78, 5) is 24.1. The first-order valence-corrected chi connectivity index (χ1v) is 10.6. The second-order valence-electron chi connectivity index (χ2n) is 6.95. The van der Waals surface area contributed by atoms with Gasteiger partial charge in [0.25, 0.3) is 5.91 Å². The fourth-order valence-electron chi connectivity index (χ4n) is 2.77. The molecule has 3 rings (SSSR count). The predicted molar refractivity (Wildman–Crippen MR) is 110 cm³/mol. The van der Waals surface area contributed by atoms with Gasteiger partial charge in [-0.2, -0.15) is 0 Å². The molecule has 1 aliphatic carbocycles. The first-order valence-electron chi connectivity index (χ1n) is 9.09. The molecule has 9 heteroatoms. The van der Waals surface area contributed by atoms with Crippen LogP contribution in [0.2, 0.25) is 0 Å². The van der Waals surface area contributed by atoms with E-state index < -0.39 is 15.9 Å². The van der Waals surface area contributed by atoms with Gasteiger partial charge in [0.1, 0.15) is 10.6 Å². The zero-order chi connectivity index (χ0) is 21.2. The number of benzene rings is 2. The molecule has 1 fully saturated rings.